The lowest BCUT2D eigenvalue weighted by atomic mass is 9.87. The maximum atomic E-state index is 12.5. The first-order valence-corrected chi connectivity index (χ1v) is 3.45. The fourth-order valence-corrected chi connectivity index (χ4v) is 1.16. The first-order valence-electron chi connectivity index (χ1n) is 3.45. The summed E-state index contributed by atoms with van der Waals surface area (Å²) in [5.74, 6) is -0.761. The SMILES string of the molecule is [B]c1cc(F)cc(C)c1C(F)(F)F. The van der Waals surface area contributed by atoms with Crippen LogP contribution in [0.4, 0.5) is 17.6 Å². The summed E-state index contributed by atoms with van der Waals surface area (Å²) in [6.07, 6.45) is -4.53. The van der Waals surface area contributed by atoms with Crippen LogP contribution in [0.3, 0.4) is 0 Å². The zero-order chi connectivity index (χ0) is 10.2. The van der Waals surface area contributed by atoms with Crippen molar-refractivity contribution in [2.24, 2.45) is 0 Å². The van der Waals surface area contributed by atoms with Crippen molar-refractivity contribution in [3.63, 3.8) is 0 Å². The molecule has 0 fully saturated rings. The summed E-state index contributed by atoms with van der Waals surface area (Å²) < 4.78 is 49.3. The molecule has 5 heteroatoms. The van der Waals surface area contributed by atoms with Gasteiger partial charge in [0, 0.05) is 0 Å². The fraction of sp³-hybridized carbons (Fsp3) is 0.250. The summed E-state index contributed by atoms with van der Waals surface area (Å²) in [5, 5.41) is 0. The predicted molar refractivity (Wildman–Crippen MR) is 41.5 cm³/mol. The van der Waals surface area contributed by atoms with E-state index in [9.17, 15) is 17.6 Å². The lowest BCUT2D eigenvalue weighted by Gasteiger charge is -2.13. The van der Waals surface area contributed by atoms with Gasteiger partial charge >= 0.3 is 6.18 Å². The second-order valence-corrected chi connectivity index (χ2v) is 2.68. The van der Waals surface area contributed by atoms with Crippen LogP contribution in [-0.2, 0) is 6.18 Å². The van der Waals surface area contributed by atoms with Crippen LogP contribution in [-0.4, -0.2) is 7.85 Å². The van der Waals surface area contributed by atoms with Gasteiger partial charge in [-0.1, -0.05) is 5.46 Å². The second kappa shape index (κ2) is 3.05. The van der Waals surface area contributed by atoms with Crippen LogP contribution >= 0.6 is 0 Å². The van der Waals surface area contributed by atoms with Gasteiger partial charge < -0.3 is 0 Å². The standard InChI is InChI=1S/C8H5BF4/c1-4-2-5(10)3-6(9)7(4)8(11,12)13/h2-3H,1H3. The van der Waals surface area contributed by atoms with E-state index in [2.05, 4.69) is 0 Å². The first kappa shape index (κ1) is 10.1. The Labute approximate surface area is 74.0 Å². The van der Waals surface area contributed by atoms with Crippen molar-refractivity contribution in [3.05, 3.63) is 29.1 Å². The smallest absolute Gasteiger partial charge is 0.207 e. The van der Waals surface area contributed by atoms with Gasteiger partial charge in [-0.05, 0) is 24.6 Å². The molecule has 1 aromatic carbocycles. The molecule has 0 aromatic heterocycles. The number of benzene rings is 1. The molecule has 0 aliphatic carbocycles. The Balaban J connectivity index is 3.38. The molecule has 0 unspecified atom stereocenters. The van der Waals surface area contributed by atoms with Gasteiger partial charge in [-0.25, -0.2) is 4.39 Å². The highest BCUT2D eigenvalue weighted by Gasteiger charge is 2.33. The molecular weight excluding hydrogens is 183 g/mol. The molecule has 0 saturated carbocycles. The highest BCUT2D eigenvalue weighted by atomic mass is 19.4. The van der Waals surface area contributed by atoms with Gasteiger partial charge in [0.15, 0.2) is 0 Å². The Morgan fingerprint density at radius 3 is 2.15 bits per heavy atom. The monoisotopic (exact) mass is 188 g/mol. The fourth-order valence-electron chi connectivity index (χ4n) is 1.16. The summed E-state index contributed by atoms with van der Waals surface area (Å²) in [4.78, 5) is 0. The summed E-state index contributed by atoms with van der Waals surface area (Å²) in [5.41, 5.74) is -1.75. The molecule has 1 aromatic rings. The topological polar surface area (TPSA) is 0 Å². The van der Waals surface area contributed by atoms with Crippen molar-refractivity contribution in [2.75, 3.05) is 0 Å². The van der Waals surface area contributed by atoms with Gasteiger partial charge in [0.25, 0.3) is 0 Å². The van der Waals surface area contributed by atoms with Gasteiger partial charge in [-0.15, -0.1) is 0 Å². The van der Waals surface area contributed by atoms with E-state index in [0.29, 0.717) is 6.07 Å². The van der Waals surface area contributed by atoms with Crippen molar-refractivity contribution in [1.82, 2.24) is 0 Å². The third-order valence-corrected chi connectivity index (χ3v) is 1.61. The predicted octanol–water partition coefficient (Wildman–Crippen LogP) is 1.95. The van der Waals surface area contributed by atoms with E-state index < -0.39 is 23.0 Å². The minimum atomic E-state index is -4.53. The van der Waals surface area contributed by atoms with Gasteiger partial charge in [-0.2, -0.15) is 13.2 Å². The maximum absolute atomic E-state index is 12.5. The van der Waals surface area contributed by atoms with E-state index in [1.165, 1.54) is 6.92 Å². The number of hydrogen-bond donors (Lipinski definition) is 0. The van der Waals surface area contributed by atoms with Crippen molar-refractivity contribution >= 4 is 13.3 Å². The van der Waals surface area contributed by atoms with Crippen molar-refractivity contribution in [3.8, 4) is 0 Å². The van der Waals surface area contributed by atoms with E-state index in [1.54, 1.807) is 0 Å². The van der Waals surface area contributed by atoms with Crippen LogP contribution in [0, 0.1) is 12.7 Å². The zero-order valence-corrected chi connectivity index (χ0v) is 6.74. The van der Waals surface area contributed by atoms with Gasteiger partial charge in [0.2, 0.25) is 0 Å². The average molecular weight is 188 g/mol. The van der Waals surface area contributed by atoms with Crippen LogP contribution in [0.1, 0.15) is 11.1 Å². The van der Waals surface area contributed by atoms with E-state index in [1.807, 2.05) is 0 Å². The first-order chi connectivity index (χ1) is 5.82. The molecule has 0 spiro atoms. The Morgan fingerprint density at radius 1 is 1.23 bits per heavy atom. The molecule has 0 bridgehead atoms. The third kappa shape index (κ3) is 2.02. The summed E-state index contributed by atoms with van der Waals surface area (Å²) >= 11 is 0. The number of aryl methyl sites for hydroxylation is 1. The van der Waals surface area contributed by atoms with Crippen LogP contribution in [0.15, 0.2) is 12.1 Å². The van der Waals surface area contributed by atoms with Crippen LogP contribution in [0.5, 0.6) is 0 Å². The lowest BCUT2D eigenvalue weighted by molar-refractivity contribution is -0.137. The van der Waals surface area contributed by atoms with E-state index in [-0.39, 0.29) is 5.56 Å². The molecule has 0 atom stereocenters. The normalized spacial score (nSPS) is 11.8. The summed E-state index contributed by atoms with van der Waals surface area (Å²) in [7, 11) is 5.05. The highest BCUT2D eigenvalue weighted by molar-refractivity contribution is 6.33. The van der Waals surface area contributed by atoms with Gasteiger partial charge in [0.1, 0.15) is 13.7 Å². The van der Waals surface area contributed by atoms with Crippen molar-refractivity contribution in [2.45, 2.75) is 13.1 Å². The molecule has 0 amide bonds. The van der Waals surface area contributed by atoms with Crippen molar-refractivity contribution in [1.29, 1.82) is 0 Å². The van der Waals surface area contributed by atoms with E-state index in [4.69, 9.17) is 7.85 Å². The number of hydrogen-bond acceptors (Lipinski definition) is 0. The zero-order valence-electron chi connectivity index (χ0n) is 6.74. The summed E-state index contributed by atoms with van der Waals surface area (Å²) in [6.45, 7) is 1.17. The molecule has 0 nitrogen and oxygen atoms in total. The van der Waals surface area contributed by atoms with Crippen LogP contribution in [0.2, 0.25) is 0 Å². The highest BCUT2D eigenvalue weighted by Crippen LogP contribution is 2.30. The average Bonchev–Trinajstić information content (AvgIpc) is 1.78. The number of alkyl halides is 3. The maximum Gasteiger partial charge on any atom is 0.416 e. The molecule has 0 aliphatic heterocycles. The largest absolute Gasteiger partial charge is 0.416 e. The van der Waals surface area contributed by atoms with Crippen molar-refractivity contribution < 1.29 is 17.6 Å². The molecule has 0 N–H and O–H groups in total. The van der Waals surface area contributed by atoms with E-state index in [0.717, 1.165) is 6.07 Å². The molecule has 0 saturated heterocycles. The minimum Gasteiger partial charge on any atom is -0.207 e. The van der Waals surface area contributed by atoms with E-state index >= 15 is 0 Å². The molecule has 13 heavy (non-hydrogen) atoms. The Hall–Kier alpha value is -0.995. The molecule has 0 heterocycles. The molecule has 0 aliphatic rings. The minimum absolute atomic E-state index is 0.204. The number of halogens is 4. The quantitative estimate of drug-likeness (QED) is 0.431. The van der Waals surface area contributed by atoms with Crippen LogP contribution < -0.4 is 5.46 Å². The van der Waals surface area contributed by atoms with Crippen LogP contribution in [0.25, 0.3) is 0 Å². The third-order valence-electron chi connectivity index (χ3n) is 1.61. The molecular formula is C8H5BF4. The second-order valence-electron chi connectivity index (χ2n) is 2.68. The molecule has 2 radical (unpaired) electrons. The Bertz CT molecular complexity index is 306. The van der Waals surface area contributed by atoms with Gasteiger partial charge in [-0.3, -0.25) is 0 Å². The Kier molecular flexibility index (Phi) is 2.37. The number of rotatable bonds is 0. The van der Waals surface area contributed by atoms with Gasteiger partial charge in [0.05, 0.1) is 5.56 Å². The molecule has 1 rings (SSSR count). The Morgan fingerprint density at radius 2 is 1.77 bits per heavy atom. The summed E-state index contributed by atoms with van der Waals surface area (Å²) in [6, 6.07) is 1.47. The molecule has 68 valence electrons. The lowest BCUT2D eigenvalue weighted by Crippen LogP contribution is -2.22.